The van der Waals surface area contributed by atoms with E-state index in [0.29, 0.717) is 23.0 Å². The molecule has 0 atom stereocenters. The lowest BCUT2D eigenvalue weighted by Crippen LogP contribution is -2.25. The molecule has 0 bridgehead atoms. The molecule has 1 aliphatic rings. The summed E-state index contributed by atoms with van der Waals surface area (Å²) in [6.07, 6.45) is 5.97. The Bertz CT molecular complexity index is 1470. The summed E-state index contributed by atoms with van der Waals surface area (Å²) in [7, 11) is 0. The molecule has 3 heterocycles. The minimum absolute atomic E-state index is 0.0281. The zero-order valence-electron chi connectivity index (χ0n) is 20.7. The molecule has 0 unspecified atom stereocenters. The molecule has 1 aliphatic carbocycles. The topological polar surface area (TPSA) is 110 Å². The summed E-state index contributed by atoms with van der Waals surface area (Å²) >= 11 is 0. The average Bonchev–Trinajstić information content (AvgIpc) is 3.63. The van der Waals surface area contributed by atoms with Crippen molar-refractivity contribution >= 4 is 11.9 Å². The highest BCUT2D eigenvalue weighted by Gasteiger charge is 2.38. The average molecular weight is 559 g/mol. The van der Waals surface area contributed by atoms with Crippen molar-refractivity contribution in [3.8, 4) is 22.5 Å². The number of carbonyl (C=O) groups is 2. The zero-order valence-corrected chi connectivity index (χ0v) is 20.7. The van der Waals surface area contributed by atoms with Crippen molar-refractivity contribution in [1.82, 2.24) is 24.8 Å². The molecular weight excluding hydrogens is 537 g/mol. The molecule has 5 rings (SSSR count). The monoisotopic (exact) mass is 559 g/mol. The fourth-order valence-electron chi connectivity index (χ4n) is 3.70. The number of hydrogen-bond donors (Lipinski definition) is 2. The van der Waals surface area contributed by atoms with Crippen LogP contribution in [-0.2, 0) is 17.9 Å². The first-order valence-corrected chi connectivity index (χ1v) is 12.0. The van der Waals surface area contributed by atoms with E-state index in [0.717, 1.165) is 42.1 Å². The first kappa shape index (κ1) is 28.3. The number of hydrogen-bond acceptors (Lipinski definition) is 5. The van der Waals surface area contributed by atoms with Gasteiger partial charge in [0.1, 0.15) is 17.3 Å². The molecule has 4 aromatic rings. The molecule has 1 saturated carbocycles. The standard InChI is InChI=1S/C25H21F2N5O.C2HF3O2/c26-21-6-17(7-22(27)9-21)10-31-25(33)23-8-19(15-32(23)14-16-3-4-16)20-12-29-24(30-13-20)18-2-1-5-28-11-18;3-2(4,5)1(6)7/h1-2,5-9,11-13,15-16H,3-4,10,14H2,(H,31,33);(H,6,7). The highest BCUT2D eigenvalue weighted by Crippen LogP contribution is 2.32. The first-order chi connectivity index (χ1) is 19.0. The largest absolute Gasteiger partial charge is 0.490 e. The molecule has 208 valence electrons. The molecular formula is C27H22F5N5O3. The Balaban J connectivity index is 0.000000470. The summed E-state index contributed by atoms with van der Waals surface area (Å²) < 4.78 is 60.6. The van der Waals surface area contributed by atoms with Gasteiger partial charge in [0.25, 0.3) is 5.91 Å². The number of carbonyl (C=O) groups excluding carboxylic acids is 1. The van der Waals surface area contributed by atoms with E-state index < -0.39 is 23.8 Å². The van der Waals surface area contributed by atoms with Gasteiger partial charge in [-0.25, -0.2) is 23.5 Å². The number of rotatable bonds is 7. The number of pyridine rings is 1. The van der Waals surface area contributed by atoms with E-state index in [1.165, 1.54) is 12.1 Å². The quantitative estimate of drug-likeness (QED) is 0.299. The highest BCUT2D eigenvalue weighted by molar-refractivity contribution is 5.94. The van der Waals surface area contributed by atoms with Crippen molar-refractivity contribution in [2.24, 2.45) is 5.92 Å². The van der Waals surface area contributed by atoms with Crippen molar-refractivity contribution in [3.63, 3.8) is 0 Å². The third kappa shape index (κ3) is 7.68. The van der Waals surface area contributed by atoms with Crippen molar-refractivity contribution in [3.05, 3.63) is 90.3 Å². The van der Waals surface area contributed by atoms with Gasteiger partial charge in [0.15, 0.2) is 5.82 Å². The van der Waals surface area contributed by atoms with Gasteiger partial charge in [-0.05, 0) is 54.7 Å². The number of aromatic nitrogens is 4. The summed E-state index contributed by atoms with van der Waals surface area (Å²) in [6, 6.07) is 8.74. The molecule has 3 aromatic heterocycles. The molecule has 2 N–H and O–H groups in total. The van der Waals surface area contributed by atoms with E-state index in [1.807, 2.05) is 22.9 Å². The Hall–Kier alpha value is -4.68. The minimum atomic E-state index is -5.08. The lowest BCUT2D eigenvalue weighted by atomic mass is 10.1. The zero-order chi connectivity index (χ0) is 28.9. The SMILES string of the molecule is O=C(NCc1cc(F)cc(F)c1)c1cc(-c2cnc(-c3cccnc3)nc2)cn1CC1CC1.O=C(O)C(F)(F)F. The number of nitrogens with one attached hydrogen (secondary N) is 1. The van der Waals surface area contributed by atoms with Crippen LogP contribution in [0, 0.1) is 17.6 Å². The van der Waals surface area contributed by atoms with E-state index in [9.17, 15) is 26.7 Å². The van der Waals surface area contributed by atoms with Crippen LogP contribution in [0.15, 0.2) is 67.4 Å². The van der Waals surface area contributed by atoms with Crippen LogP contribution in [0.2, 0.25) is 0 Å². The number of benzene rings is 1. The van der Waals surface area contributed by atoms with Crippen molar-refractivity contribution in [2.75, 3.05) is 0 Å². The fourth-order valence-corrected chi connectivity index (χ4v) is 3.70. The van der Waals surface area contributed by atoms with Crippen LogP contribution in [-0.4, -0.2) is 42.7 Å². The highest BCUT2D eigenvalue weighted by atomic mass is 19.4. The van der Waals surface area contributed by atoms with E-state index in [1.54, 1.807) is 30.9 Å². The maximum atomic E-state index is 13.4. The molecule has 0 aliphatic heterocycles. The molecule has 0 saturated heterocycles. The van der Waals surface area contributed by atoms with Crippen LogP contribution >= 0.6 is 0 Å². The molecule has 1 aromatic carbocycles. The third-order valence-corrected chi connectivity index (χ3v) is 5.80. The molecule has 8 nitrogen and oxygen atoms in total. The Morgan fingerprint density at radius 3 is 2.17 bits per heavy atom. The van der Waals surface area contributed by atoms with Gasteiger partial charge in [-0.2, -0.15) is 13.2 Å². The number of nitrogens with zero attached hydrogens (tertiary/aromatic N) is 4. The van der Waals surface area contributed by atoms with E-state index >= 15 is 0 Å². The van der Waals surface area contributed by atoms with E-state index in [2.05, 4.69) is 20.3 Å². The van der Waals surface area contributed by atoms with Gasteiger partial charge >= 0.3 is 12.1 Å². The summed E-state index contributed by atoms with van der Waals surface area (Å²) in [6.45, 7) is 0.770. The van der Waals surface area contributed by atoms with Crippen LogP contribution in [0.1, 0.15) is 28.9 Å². The second-order valence-corrected chi connectivity index (χ2v) is 9.01. The number of aliphatic carboxylic acids is 1. The second kappa shape index (κ2) is 12.0. The summed E-state index contributed by atoms with van der Waals surface area (Å²) in [5.74, 6) is -3.28. The van der Waals surface area contributed by atoms with Gasteiger partial charge in [-0.3, -0.25) is 9.78 Å². The number of amides is 1. The van der Waals surface area contributed by atoms with Crippen LogP contribution in [0.3, 0.4) is 0 Å². The lowest BCUT2D eigenvalue weighted by Gasteiger charge is -2.09. The predicted molar refractivity (Wildman–Crippen MR) is 133 cm³/mol. The molecule has 0 radical (unpaired) electrons. The molecule has 1 fully saturated rings. The van der Waals surface area contributed by atoms with E-state index in [4.69, 9.17) is 9.90 Å². The Labute approximate surface area is 224 Å². The Morgan fingerprint density at radius 2 is 1.62 bits per heavy atom. The lowest BCUT2D eigenvalue weighted by molar-refractivity contribution is -0.192. The fraction of sp³-hybridized carbons (Fsp3) is 0.222. The number of alkyl halides is 3. The maximum absolute atomic E-state index is 13.4. The molecule has 13 heteroatoms. The number of carboxylic acids is 1. The van der Waals surface area contributed by atoms with Crippen molar-refractivity contribution in [1.29, 1.82) is 0 Å². The third-order valence-electron chi connectivity index (χ3n) is 5.80. The van der Waals surface area contributed by atoms with Crippen LogP contribution in [0.4, 0.5) is 22.0 Å². The smallest absolute Gasteiger partial charge is 0.475 e. The van der Waals surface area contributed by atoms with Gasteiger partial charge in [0.05, 0.1) is 0 Å². The Morgan fingerprint density at radius 1 is 0.975 bits per heavy atom. The van der Waals surface area contributed by atoms with Gasteiger partial charge in [0.2, 0.25) is 0 Å². The molecule has 0 spiro atoms. The van der Waals surface area contributed by atoms with Crippen LogP contribution in [0.25, 0.3) is 22.5 Å². The summed E-state index contributed by atoms with van der Waals surface area (Å²) in [5.41, 5.74) is 3.30. The van der Waals surface area contributed by atoms with Crippen molar-refractivity contribution < 1.29 is 36.6 Å². The van der Waals surface area contributed by atoms with Gasteiger partial charge < -0.3 is 15.0 Å². The first-order valence-electron chi connectivity index (χ1n) is 12.0. The normalized spacial score (nSPS) is 12.8. The maximum Gasteiger partial charge on any atom is 0.490 e. The summed E-state index contributed by atoms with van der Waals surface area (Å²) in [5, 5.41) is 9.89. The molecule has 1 amide bonds. The van der Waals surface area contributed by atoms with E-state index in [-0.39, 0.29) is 12.5 Å². The minimum Gasteiger partial charge on any atom is -0.475 e. The van der Waals surface area contributed by atoms with Crippen LogP contribution in [0.5, 0.6) is 0 Å². The van der Waals surface area contributed by atoms with Gasteiger partial charge in [0, 0.05) is 66.8 Å². The number of halogens is 5. The van der Waals surface area contributed by atoms with Crippen molar-refractivity contribution in [2.45, 2.75) is 32.1 Å². The van der Waals surface area contributed by atoms with Crippen LogP contribution < -0.4 is 5.32 Å². The number of carboxylic acid groups (broad SMARTS) is 1. The summed E-state index contributed by atoms with van der Waals surface area (Å²) in [4.78, 5) is 34.8. The Kier molecular flexibility index (Phi) is 8.51. The van der Waals surface area contributed by atoms with Gasteiger partial charge in [-0.15, -0.1) is 0 Å². The van der Waals surface area contributed by atoms with Gasteiger partial charge in [-0.1, -0.05) is 0 Å². The predicted octanol–water partition coefficient (Wildman–Crippen LogP) is 5.26. The molecule has 40 heavy (non-hydrogen) atoms. The second-order valence-electron chi connectivity index (χ2n) is 9.01.